The Morgan fingerprint density at radius 3 is 2.81 bits per heavy atom. The first-order chi connectivity index (χ1) is 10.1. The van der Waals surface area contributed by atoms with Gasteiger partial charge in [0.2, 0.25) is 0 Å². The summed E-state index contributed by atoms with van der Waals surface area (Å²) in [6, 6.07) is 12.4. The van der Waals surface area contributed by atoms with Crippen LogP contribution in [0.15, 0.2) is 42.5 Å². The van der Waals surface area contributed by atoms with Crippen LogP contribution in [0.4, 0.5) is 5.69 Å². The van der Waals surface area contributed by atoms with Gasteiger partial charge in [-0.05, 0) is 42.8 Å². The number of hydrogen-bond donors (Lipinski definition) is 2. The third-order valence-electron chi connectivity index (χ3n) is 2.95. The fourth-order valence-electron chi connectivity index (χ4n) is 1.91. The van der Waals surface area contributed by atoms with Gasteiger partial charge in [0.1, 0.15) is 12.4 Å². The Kier molecular flexibility index (Phi) is 5.06. The molecule has 0 aromatic heterocycles. The summed E-state index contributed by atoms with van der Waals surface area (Å²) in [5.74, 6) is 0.548. The lowest BCUT2D eigenvalue weighted by Gasteiger charge is -2.09. The van der Waals surface area contributed by atoms with Crippen molar-refractivity contribution in [1.29, 1.82) is 0 Å². The molecule has 0 bridgehead atoms. The van der Waals surface area contributed by atoms with Crippen molar-refractivity contribution in [1.82, 2.24) is 5.32 Å². The second-order valence-electron chi connectivity index (χ2n) is 4.64. The van der Waals surface area contributed by atoms with E-state index in [-0.39, 0.29) is 5.91 Å². The van der Waals surface area contributed by atoms with E-state index in [0.29, 0.717) is 35.2 Å². The molecule has 5 heteroatoms. The van der Waals surface area contributed by atoms with Gasteiger partial charge < -0.3 is 15.8 Å². The van der Waals surface area contributed by atoms with Crippen molar-refractivity contribution in [3.63, 3.8) is 0 Å². The third-order valence-corrected chi connectivity index (χ3v) is 3.18. The van der Waals surface area contributed by atoms with Crippen LogP contribution in [-0.4, -0.2) is 19.1 Å². The van der Waals surface area contributed by atoms with E-state index in [1.54, 1.807) is 30.3 Å². The lowest BCUT2D eigenvalue weighted by molar-refractivity contribution is 0.0946. The van der Waals surface area contributed by atoms with Crippen molar-refractivity contribution < 1.29 is 9.53 Å². The predicted molar refractivity (Wildman–Crippen MR) is 84.9 cm³/mol. The molecule has 4 nitrogen and oxygen atoms in total. The van der Waals surface area contributed by atoms with E-state index in [1.165, 1.54) is 0 Å². The summed E-state index contributed by atoms with van der Waals surface area (Å²) >= 11 is 5.87. The standard InChI is InChI=1S/C16H17ClN2O2/c1-11-9-12(17)5-6-15(11)16(20)19-7-8-21-14-4-2-3-13(18)10-14/h2-6,9-10H,7-8,18H2,1H3,(H,19,20). The molecule has 0 spiro atoms. The number of amides is 1. The minimum Gasteiger partial charge on any atom is -0.492 e. The maximum absolute atomic E-state index is 12.0. The minimum atomic E-state index is -0.139. The number of anilines is 1. The Bertz CT molecular complexity index is 644. The fourth-order valence-corrected chi connectivity index (χ4v) is 2.14. The van der Waals surface area contributed by atoms with Crippen molar-refractivity contribution in [2.75, 3.05) is 18.9 Å². The normalized spacial score (nSPS) is 10.2. The number of carbonyl (C=O) groups is 1. The molecule has 110 valence electrons. The van der Waals surface area contributed by atoms with Gasteiger partial charge >= 0.3 is 0 Å². The number of aryl methyl sites for hydroxylation is 1. The molecule has 0 unspecified atom stereocenters. The van der Waals surface area contributed by atoms with E-state index in [1.807, 2.05) is 19.1 Å². The van der Waals surface area contributed by atoms with Crippen LogP contribution >= 0.6 is 11.6 Å². The second kappa shape index (κ2) is 6.99. The van der Waals surface area contributed by atoms with Crippen LogP contribution in [0.2, 0.25) is 5.02 Å². The molecular weight excluding hydrogens is 288 g/mol. The van der Waals surface area contributed by atoms with Gasteiger partial charge in [-0.3, -0.25) is 4.79 Å². The van der Waals surface area contributed by atoms with Crippen molar-refractivity contribution >= 4 is 23.2 Å². The summed E-state index contributed by atoms with van der Waals surface area (Å²) in [5, 5.41) is 3.43. The average molecular weight is 305 g/mol. The molecule has 21 heavy (non-hydrogen) atoms. The number of nitrogens with two attached hydrogens (primary N) is 1. The summed E-state index contributed by atoms with van der Waals surface area (Å²) in [4.78, 5) is 12.0. The predicted octanol–water partition coefficient (Wildman–Crippen LogP) is 3.04. The van der Waals surface area contributed by atoms with Gasteiger partial charge in [-0.1, -0.05) is 17.7 Å². The van der Waals surface area contributed by atoms with Gasteiger partial charge in [-0.15, -0.1) is 0 Å². The molecule has 0 heterocycles. The van der Waals surface area contributed by atoms with Crippen LogP contribution in [0.25, 0.3) is 0 Å². The van der Waals surface area contributed by atoms with Gasteiger partial charge in [0.25, 0.3) is 5.91 Å². The van der Waals surface area contributed by atoms with E-state index >= 15 is 0 Å². The number of carbonyl (C=O) groups excluding carboxylic acids is 1. The second-order valence-corrected chi connectivity index (χ2v) is 5.07. The SMILES string of the molecule is Cc1cc(Cl)ccc1C(=O)NCCOc1cccc(N)c1. The average Bonchev–Trinajstić information content (AvgIpc) is 2.43. The zero-order valence-corrected chi connectivity index (χ0v) is 12.5. The molecule has 0 atom stereocenters. The number of rotatable bonds is 5. The van der Waals surface area contributed by atoms with Gasteiger partial charge in [-0.2, -0.15) is 0 Å². The van der Waals surface area contributed by atoms with Crippen LogP contribution in [0.5, 0.6) is 5.75 Å². The maximum Gasteiger partial charge on any atom is 0.251 e. The van der Waals surface area contributed by atoms with Crippen LogP contribution in [0.3, 0.4) is 0 Å². The highest BCUT2D eigenvalue weighted by atomic mass is 35.5. The molecule has 2 rings (SSSR count). The minimum absolute atomic E-state index is 0.139. The lowest BCUT2D eigenvalue weighted by atomic mass is 10.1. The molecule has 0 fully saturated rings. The van der Waals surface area contributed by atoms with Crippen LogP contribution in [-0.2, 0) is 0 Å². The van der Waals surface area contributed by atoms with E-state index < -0.39 is 0 Å². The topological polar surface area (TPSA) is 64.3 Å². The molecule has 0 aliphatic rings. The summed E-state index contributed by atoms with van der Waals surface area (Å²) in [6.45, 7) is 2.64. The van der Waals surface area contributed by atoms with E-state index in [4.69, 9.17) is 22.1 Å². The Morgan fingerprint density at radius 1 is 1.29 bits per heavy atom. The number of nitrogen functional groups attached to an aromatic ring is 1. The van der Waals surface area contributed by atoms with Crippen molar-refractivity contribution in [3.8, 4) is 5.75 Å². The number of hydrogen-bond acceptors (Lipinski definition) is 3. The van der Waals surface area contributed by atoms with E-state index in [2.05, 4.69) is 5.32 Å². The number of benzene rings is 2. The molecule has 2 aromatic rings. The molecule has 0 radical (unpaired) electrons. The number of nitrogens with one attached hydrogen (secondary N) is 1. The highest BCUT2D eigenvalue weighted by Gasteiger charge is 2.08. The molecule has 0 aliphatic heterocycles. The lowest BCUT2D eigenvalue weighted by Crippen LogP contribution is -2.28. The summed E-state index contributed by atoms with van der Waals surface area (Å²) in [5.41, 5.74) is 7.76. The third kappa shape index (κ3) is 4.39. The van der Waals surface area contributed by atoms with Gasteiger partial charge in [-0.25, -0.2) is 0 Å². The first kappa shape index (κ1) is 15.2. The highest BCUT2D eigenvalue weighted by molar-refractivity contribution is 6.30. The van der Waals surface area contributed by atoms with Crippen molar-refractivity contribution in [3.05, 3.63) is 58.6 Å². The quantitative estimate of drug-likeness (QED) is 0.659. The smallest absolute Gasteiger partial charge is 0.251 e. The van der Waals surface area contributed by atoms with Gasteiger partial charge in [0, 0.05) is 22.3 Å². The first-order valence-electron chi connectivity index (χ1n) is 6.59. The molecule has 2 aromatic carbocycles. The molecule has 0 saturated heterocycles. The molecule has 3 N–H and O–H groups in total. The molecule has 1 amide bonds. The Hall–Kier alpha value is -2.20. The van der Waals surface area contributed by atoms with E-state index in [9.17, 15) is 4.79 Å². The monoisotopic (exact) mass is 304 g/mol. The number of ether oxygens (including phenoxy) is 1. The largest absolute Gasteiger partial charge is 0.492 e. The Labute approximate surface area is 128 Å². The highest BCUT2D eigenvalue weighted by Crippen LogP contribution is 2.15. The number of halogens is 1. The van der Waals surface area contributed by atoms with Crippen molar-refractivity contribution in [2.24, 2.45) is 0 Å². The zero-order chi connectivity index (χ0) is 15.2. The van der Waals surface area contributed by atoms with Crippen LogP contribution in [0, 0.1) is 6.92 Å². The Balaban J connectivity index is 1.82. The molecule has 0 aliphatic carbocycles. The Morgan fingerprint density at radius 2 is 2.10 bits per heavy atom. The van der Waals surface area contributed by atoms with Gasteiger partial charge in [0.05, 0.1) is 6.54 Å². The maximum atomic E-state index is 12.0. The molecular formula is C16H17ClN2O2. The van der Waals surface area contributed by atoms with Gasteiger partial charge in [0.15, 0.2) is 0 Å². The summed E-state index contributed by atoms with van der Waals surface area (Å²) < 4.78 is 5.51. The fraction of sp³-hybridized carbons (Fsp3) is 0.188. The van der Waals surface area contributed by atoms with Crippen molar-refractivity contribution in [2.45, 2.75) is 6.92 Å². The summed E-state index contributed by atoms with van der Waals surface area (Å²) in [6.07, 6.45) is 0. The summed E-state index contributed by atoms with van der Waals surface area (Å²) in [7, 11) is 0. The van der Waals surface area contributed by atoms with E-state index in [0.717, 1.165) is 5.56 Å². The first-order valence-corrected chi connectivity index (χ1v) is 6.97. The van der Waals surface area contributed by atoms with Crippen LogP contribution < -0.4 is 15.8 Å². The van der Waals surface area contributed by atoms with Crippen LogP contribution in [0.1, 0.15) is 15.9 Å². The molecule has 0 saturated carbocycles. The zero-order valence-electron chi connectivity index (χ0n) is 11.7.